The van der Waals surface area contributed by atoms with E-state index in [4.69, 9.17) is 4.74 Å². The van der Waals surface area contributed by atoms with Crippen molar-refractivity contribution < 1.29 is 14.3 Å². The van der Waals surface area contributed by atoms with Crippen LogP contribution in [0.2, 0.25) is 0 Å². The van der Waals surface area contributed by atoms with Crippen molar-refractivity contribution in [2.24, 2.45) is 5.92 Å². The maximum absolute atomic E-state index is 12.7. The number of rotatable bonds is 6. The molecule has 0 bridgehead atoms. The number of hydrogen-bond acceptors (Lipinski definition) is 7. The molecule has 9 nitrogen and oxygen atoms in total. The molecule has 168 valence electrons. The summed E-state index contributed by atoms with van der Waals surface area (Å²) < 4.78 is 7.55. The quantitative estimate of drug-likeness (QED) is 0.436. The van der Waals surface area contributed by atoms with E-state index in [0.29, 0.717) is 28.5 Å². The van der Waals surface area contributed by atoms with Crippen LogP contribution in [0.3, 0.4) is 0 Å². The van der Waals surface area contributed by atoms with Gasteiger partial charge in [0.1, 0.15) is 17.2 Å². The fourth-order valence-electron chi connectivity index (χ4n) is 3.39. The Balaban J connectivity index is 1.32. The first-order valence-corrected chi connectivity index (χ1v) is 11.4. The van der Waals surface area contributed by atoms with Crippen LogP contribution >= 0.6 is 11.3 Å². The van der Waals surface area contributed by atoms with Crippen LogP contribution in [-0.4, -0.2) is 31.4 Å². The molecule has 0 radical (unpaired) electrons. The van der Waals surface area contributed by atoms with Crippen LogP contribution in [0.1, 0.15) is 38.8 Å². The first-order chi connectivity index (χ1) is 15.9. The van der Waals surface area contributed by atoms with Gasteiger partial charge in [0.25, 0.3) is 5.91 Å². The van der Waals surface area contributed by atoms with Gasteiger partial charge in [-0.2, -0.15) is 4.98 Å². The zero-order valence-corrected chi connectivity index (χ0v) is 19.2. The monoisotopic (exact) mass is 462 g/mol. The Labute approximate surface area is 193 Å². The molecule has 0 saturated heterocycles. The number of amides is 2. The van der Waals surface area contributed by atoms with Gasteiger partial charge in [-0.05, 0) is 57.4 Å². The number of anilines is 2. The van der Waals surface area contributed by atoms with Gasteiger partial charge < -0.3 is 10.1 Å². The van der Waals surface area contributed by atoms with Crippen molar-refractivity contribution in [2.45, 2.75) is 33.6 Å². The van der Waals surface area contributed by atoms with E-state index in [2.05, 4.69) is 25.7 Å². The predicted octanol–water partition coefficient (Wildman–Crippen LogP) is 4.50. The first-order valence-electron chi connectivity index (χ1n) is 10.6. The summed E-state index contributed by atoms with van der Waals surface area (Å²) in [6.07, 6.45) is 3.52. The molecule has 0 aliphatic heterocycles. The smallest absolute Gasteiger partial charge is 0.275 e. The Bertz CT molecular complexity index is 1390. The Morgan fingerprint density at radius 1 is 1.06 bits per heavy atom. The lowest BCUT2D eigenvalue weighted by atomic mass is 10.2. The minimum atomic E-state index is -0.248. The summed E-state index contributed by atoms with van der Waals surface area (Å²) in [6.45, 7) is 5.68. The van der Waals surface area contributed by atoms with E-state index < -0.39 is 0 Å². The molecular weight excluding hydrogens is 440 g/mol. The fraction of sp³-hybridized carbons (Fsp3) is 0.261. The van der Waals surface area contributed by atoms with E-state index in [1.54, 1.807) is 28.9 Å². The van der Waals surface area contributed by atoms with Crippen LogP contribution in [0.15, 0.2) is 36.5 Å². The van der Waals surface area contributed by atoms with Crippen molar-refractivity contribution in [3.05, 3.63) is 57.7 Å². The van der Waals surface area contributed by atoms with Gasteiger partial charge in [-0.1, -0.05) is 6.07 Å². The average molecular weight is 463 g/mol. The van der Waals surface area contributed by atoms with Crippen LogP contribution in [0.5, 0.6) is 11.5 Å². The lowest BCUT2D eigenvalue weighted by Gasteiger charge is -2.11. The molecule has 5 rings (SSSR count). The molecule has 3 heterocycles. The summed E-state index contributed by atoms with van der Waals surface area (Å²) in [5.41, 5.74) is 2.58. The summed E-state index contributed by atoms with van der Waals surface area (Å²) in [7, 11) is 0. The molecule has 1 saturated carbocycles. The van der Waals surface area contributed by atoms with E-state index in [1.807, 2.05) is 32.9 Å². The van der Waals surface area contributed by atoms with Gasteiger partial charge >= 0.3 is 0 Å². The van der Waals surface area contributed by atoms with Crippen molar-refractivity contribution in [1.82, 2.24) is 19.6 Å². The van der Waals surface area contributed by atoms with E-state index in [9.17, 15) is 9.59 Å². The van der Waals surface area contributed by atoms with E-state index in [1.165, 1.54) is 11.3 Å². The number of nitrogens with one attached hydrogen (secondary N) is 2. The number of fused-ring (bicyclic) bond motifs is 1. The van der Waals surface area contributed by atoms with Crippen molar-refractivity contribution in [3.63, 3.8) is 0 Å². The van der Waals surface area contributed by atoms with Crippen molar-refractivity contribution >= 4 is 40.4 Å². The molecule has 0 unspecified atom stereocenters. The van der Waals surface area contributed by atoms with Crippen LogP contribution in [0.25, 0.3) is 5.65 Å². The highest BCUT2D eigenvalue weighted by molar-refractivity contribution is 7.11. The lowest BCUT2D eigenvalue weighted by Crippen LogP contribution is -2.14. The minimum Gasteiger partial charge on any atom is -0.456 e. The molecule has 1 aliphatic carbocycles. The molecule has 1 fully saturated rings. The minimum absolute atomic E-state index is 0.0420. The third kappa shape index (κ3) is 4.56. The van der Waals surface area contributed by atoms with Gasteiger partial charge in [-0.3, -0.25) is 14.9 Å². The number of benzene rings is 1. The highest BCUT2D eigenvalue weighted by Gasteiger charge is 2.30. The SMILES string of the molecule is Cc1nc(C(=O)Nc2cc(Oc3ccc4nc(NC(=O)C5CC5)nn4c3)ccc2C)c(C)s1. The Hall–Kier alpha value is -3.79. The van der Waals surface area contributed by atoms with Crippen LogP contribution in [0, 0.1) is 26.7 Å². The average Bonchev–Trinajstić information content (AvgIpc) is 3.46. The maximum Gasteiger partial charge on any atom is 0.275 e. The summed E-state index contributed by atoms with van der Waals surface area (Å²) in [5, 5.41) is 10.8. The number of aromatic nitrogens is 4. The number of pyridine rings is 1. The summed E-state index contributed by atoms with van der Waals surface area (Å²) in [4.78, 5) is 34.2. The first kappa shape index (κ1) is 21.1. The largest absolute Gasteiger partial charge is 0.456 e. The Morgan fingerprint density at radius 3 is 2.58 bits per heavy atom. The number of nitrogens with zero attached hydrogens (tertiary/aromatic N) is 4. The van der Waals surface area contributed by atoms with Crippen molar-refractivity contribution in [2.75, 3.05) is 10.6 Å². The second kappa shape index (κ2) is 8.28. The van der Waals surface area contributed by atoms with Crippen LogP contribution in [-0.2, 0) is 4.79 Å². The maximum atomic E-state index is 12.7. The zero-order valence-electron chi connectivity index (χ0n) is 18.4. The number of aryl methyl sites for hydroxylation is 3. The highest BCUT2D eigenvalue weighted by Crippen LogP contribution is 2.30. The van der Waals surface area contributed by atoms with Crippen LogP contribution < -0.4 is 15.4 Å². The lowest BCUT2D eigenvalue weighted by molar-refractivity contribution is -0.117. The Morgan fingerprint density at radius 2 is 1.85 bits per heavy atom. The Kier molecular flexibility index (Phi) is 5.29. The fourth-order valence-corrected chi connectivity index (χ4v) is 4.21. The number of thiazole rings is 1. The van der Waals surface area contributed by atoms with Gasteiger partial charge in [-0.25, -0.2) is 9.50 Å². The van der Waals surface area contributed by atoms with E-state index in [0.717, 1.165) is 28.3 Å². The van der Waals surface area contributed by atoms with Gasteiger partial charge in [-0.15, -0.1) is 16.4 Å². The summed E-state index contributed by atoms with van der Waals surface area (Å²) in [5.74, 6) is 1.16. The molecular formula is C23H22N6O3S. The predicted molar refractivity (Wildman–Crippen MR) is 125 cm³/mol. The molecule has 10 heteroatoms. The summed E-state index contributed by atoms with van der Waals surface area (Å²) >= 11 is 1.49. The number of carbonyl (C=O) groups is 2. The third-order valence-electron chi connectivity index (χ3n) is 5.30. The topological polar surface area (TPSA) is 111 Å². The highest BCUT2D eigenvalue weighted by atomic mass is 32.1. The second-order valence-electron chi connectivity index (χ2n) is 8.04. The van der Waals surface area contributed by atoms with Gasteiger partial charge in [0.15, 0.2) is 5.65 Å². The van der Waals surface area contributed by atoms with Gasteiger partial charge in [0.05, 0.1) is 11.2 Å². The second-order valence-corrected chi connectivity index (χ2v) is 9.44. The number of ether oxygens (including phenoxy) is 1. The van der Waals surface area contributed by atoms with Crippen LogP contribution in [0.4, 0.5) is 11.6 Å². The number of carbonyl (C=O) groups excluding carboxylic acids is 2. The van der Waals surface area contributed by atoms with E-state index in [-0.39, 0.29) is 23.7 Å². The molecule has 3 aromatic heterocycles. The van der Waals surface area contributed by atoms with Gasteiger partial charge in [0, 0.05) is 22.5 Å². The van der Waals surface area contributed by atoms with Crippen molar-refractivity contribution in [1.29, 1.82) is 0 Å². The molecule has 1 aromatic carbocycles. The molecule has 4 aromatic rings. The van der Waals surface area contributed by atoms with E-state index >= 15 is 0 Å². The molecule has 1 aliphatic rings. The molecule has 2 amide bonds. The molecule has 0 spiro atoms. The zero-order chi connectivity index (χ0) is 23.1. The third-order valence-corrected chi connectivity index (χ3v) is 6.18. The molecule has 0 atom stereocenters. The normalized spacial score (nSPS) is 13.2. The molecule has 33 heavy (non-hydrogen) atoms. The standard InChI is InChI=1S/C23H22N6O3S/c1-12-4-7-16(10-18(12)25-22(31)20-13(2)33-14(3)24-20)32-17-8-9-19-26-23(28-29(19)11-17)27-21(30)15-5-6-15/h4,7-11,15H,5-6H2,1-3H3,(H,25,31)(H,27,28,30). The number of hydrogen-bond donors (Lipinski definition) is 2. The summed E-state index contributed by atoms with van der Waals surface area (Å²) in [6, 6.07) is 9.02. The molecule has 2 N–H and O–H groups in total. The van der Waals surface area contributed by atoms with Gasteiger partial charge in [0.2, 0.25) is 11.9 Å². The van der Waals surface area contributed by atoms with Crippen molar-refractivity contribution in [3.8, 4) is 11.5 Å².